The maximum atomic E-state index is 11.7. The van der Waals surface area contributed by atoms with Crippen molar-refractivity contribution in [2.24, 2.45) is 12.8 Å². The van der Waals surface area contributed by atoms with E-state index in [1.807, 2.05) is 48.5 Å². The molecule has 6 nitrogen and oxygen atoms in total. The number of ether oxygens (including phenoxy) is 1. The first kappa shape index (κ1) is 17.3. The van der Waals surface area contributed by atoms with E-state index in [2.05, 4.69) is 5.32 Å². The van der Waals surface area contributed by atoms with E-state index in [9.17, 15) is 9.59 Å². The number of aryl methyl sites for hydroxylation is 1. The summed E-state index contributed by atoms with van der Waals surface area (Å²) in [6.07, 6.45) is 1.74. The zero-order valence-corrected chi connectivity index (χ0v) is 14.3. The summed E-state index contributed by atoms with van der Waals surface area (Å²) in [5.74, 6) is 0.897. The number of aromatic nitrogens is 1. The van der Waals surface area contributed by atoms with Gasteiger partial charge in [-0.05, 0) is 36.4 Å². The second kappa shape index (κ2) is 7.57. The van der Waals surface area contributed by atoms with Gasteiger partial charge >= 0.3 is 0 Å². The van der Waals surface area contributed by atoms with Gasteiger partial charge in [-0.25, -0.2) is 0 Å². The Balaban J connectivity index is 2.03. The molecule has 0 saturated heterocycles. The van der Waals surface area contributed by atoms with Crippen molar-refractivity contribution >= 4 is 11.6 Å². The van der Waals surface area contributed by atoms with Crippen LogP contribution in [0.25, 0.3) is 11.1 Å². The van der Waals surface area contributed by atoms with Crippen molar-refractivity contribution < 1.29 is 9.53 Å². The van der Waals surface area contributed by atoms with Gasteiger partial charge in [-0.15, -0.1) is 0 Å². The molecule has 132 valence electrons. The van der Waals surface area contributed by atoms with E-state index in [0.29, 0.717) is 11.5 Å². The van der Waals surface area contributed by atoms with Crippen LogP contribution in [0.2, 0.25) is 0 Å². The lowest BCUT2D eigenvalue weighted by Crippen LogP contribution is -2.21. The van der Waals surface area contributed by atoms with Gasteiger partial charge in [0, 0.05) is 36.1 Å². The number of primary amides is 1. The summed E-state index contributed by atoms with van der Waals surface area (Å²) in [6, 6.07) is 18.2. The quantitative estimate of drug-likeness (QED) is 0.716. The number of amides is 1. The molecule has 0 atom stereocenters. The smallest absolute Gasteiger partial charge is 0.250 e. The normalized spacial score (nSPS) is 10.3. The van der Waals surface area contributed by atoms with Gasteiger partial charge in [0.1, 0.15) is 11.5 Å². The van der Waals surface area contributed by atoms with Gasteiger partial charge < -0.3 is 20.4 Å². The molecular weight excluding hydrogens is 330 g/mol. The Morgan fingerprint density at radius 2 is 1.88 bits per heavy atom. The summed E-state index contributed by atoms with van der Waals surface area (Å²) in [4.78, 5) is 22.7. The van der Waals surface area contributed by atoms with Gasteiger partial charge in [0.15, 0.2) is 0 Å². The van der Waals surface area contributed by atoms with Gasteiger partial charge in [0.05, 0.1) is 6.54 Å². The van der Waals surface area contributed by atoms with E-state index >= 15 is 0 Å². The van der Waals surface area contributed by atoms with Crippen LogP contribution in [0.5, 0.6) is 11.5 Å². The number of anilines is 1. The summed E-state index contributed by atoms with van der Waals surface area (Å²) >= 11 is 0. The van der Waals surface area contributed by atoms with Crippen LogP contribution in [0.15, 0.2) is 71.7 Å². The molecule has 0 spiro atoms. The highest BCUT2D eigenvalue weighted by Crippen LogP contribution is 2.35. The molecule has 0 unspecified atom stereocenters. The second-order valence-electron chi connectivity index (χ2n) is 5.81. The number of nitrogens with zero attached hydrogens (tertiary/aromatic N) is 1. The van der Waals surface area contributed by atoms with Crippen LogP contribution in [0.4, 0.5) is 5.69 Å². The Bertz CT molecular complexity index is 981. The van der Waals surface area contributed by atoms with Crippen LogP contribution >= 0.6 is 0 Å². The van der Waals surface area contributed by atoms with Gasteiger partial charge in [-0.2, -0.15) is 0 Å². The minimum absolute atomic E-state index is 0.0333. The topological polar surface area (TPSA) is 86.3 Å². The van der Waals surface area contributed by atoms with Gasteiger partial charge in [0.25, 0.3) is 0 Å². The summed E-state index contributed by atoms with van der Waals surface area (Å²) in [5.41, 5.74) is 7.44. The number of carbonyl (C=O) groups is 1. The van der Waals surface area contributed by atoms with Gasteiger partial charge in [-0.1, -0.05) is 18.2 Å². The highest BCUT2D eigenvalue weighted by molar-refractivity contribution is 5.80. The minimum atomic E-state index is -0.446. The molecule has 3 aromatic rings. The molecule has 0 fully saturated rings. The summed E-state index contributed by atoms with van der Waals surface area (Å²) in [6.45, 7) is 0.0333. The predicted octanol–water partition coefficient (Wildman–Crippen LogP) is 2.74. The second-order valence-corrected chi connectivity index (χ2v) is 5.81. The fourth-order valence-electron chi connectivity index (χ4n) is 2.51. The van der Waals surface area contributed by atoms with Crippen LogP contribution < -0.4 is 21.3 Å². The van der Waals surface area contributed by atoms with E-state index in [-0.39, 0.29) is 12.1 Å². The molecule has 0 aliphatic heterocycles. The zero-order valence-electron chi connectivity index (χ0n) is 14.3. The molecule has 6 heteroatoms. The van der Waals surface area contributed by atoms with Crippen molar-refractivity contribution in [3.63, 3.8) is 0 Å². The van der Waals surface area contributed by atoms with E-state index in [1.54, 1.807) is 19.3 Å². The molecular formula is C20H19N3O3. The summed E-state index contributed by atoms with van der Waals surface area (Å²) in [7, 11) is 1.69. The number of nitrogens with one attached hydrogen (secondary N) is 1. The van der Waals surface area contributed by atoms with Crippen molar-refractivity contribution in [1.29, 1.82) is 0 Å². The number of hydrogen-bond donors (Lipinski definition) is 2. The van der Waals surface area contributed by atoms with Gasteiger partial charge in [0.2, 0.25) is 11.5 Å². The number of hydrogen-bond acceptors (Lipinski definition) is 4. The third-order valence-corrected chi connectivity index (χ3v) is 3.81. The van der Waals surface area contributed by atoms with E-state index in [4.69, 9.17) is 10.5 Å². The van der Waals surface area contributed by atoms with Crippen LogP contribution in [-0.4, -0.2) is 17.0 Å². The molecule has 26 heavy (non-hydrogen) atoms. The minimum Gasteiger partial charge on any atom is -0.457 e. The number of pyridine rings is 1. The summed E-state index contributed by atoms with van der Waals surface area (Å²) in [5, 5.41) is 2.97. The highest BCUT2D eigenvalue weighted by atomic mass is 16.5. The number of rotatable bonds is 6. The molecule has 3 rings (SSSR count). The van der Waals surface area contributed by atoms with E-state index in [1.165, 1.54) is 10.6 Å². The lowest BCUT2D eigenvalue weighted by molar-refractivity contribution is -0.116. The maximum Gasteiger partial charge on any atom is 0.250 e. The predicted molar refractivity (Wildman–Crippen MR) is 101 cm³/mol. The van der Waals surface area contributed by atoms with Crippen molar-refractivity contribution in [3.05, 3.63) is 77.2 Å². The van der Waals surface area contributed by atoms with Crippen LogP contribution in [-0.2, 0) is 11.8 Å². The third-order valence-electron chi connectivity index (χ3n) is 3.81. The van der Waals surface area contributed by atoms with Crippen LogP contribution in [0.1, 0.15) is 0 Å². The lowest BCUT2D eigenvalue weighted by Gasteiger charge is -2.14. The SMILES string of the molecule is Cn1cc(-c2cc(NCC(N)=O)ccc2Oc2ccccc2)ccc1=O. The average molecular weight is 349 g/mol. The Morgan fingerprint density at radius 3 is 2.58 bits per heavy atom. The lowest BCUT2D eigenvalue weighted by atomic mass is 10.1. The summed E-state index contributed by atoms with van der Waals surface area (Å²) < 4.78 is 7.51. The molecule has 0 radical (unpaired) electrons. The Labute approximate surface area is 150 Å². The van der Waals surface area contributed by atoms with Crippen molar-refractivity contribution in [2.75, 3.05) is 11.9 Å². The molecule has 1 amide bonds. The Hall–Kier alpha value is -3.54. The average Bonchev–Trinajstić information content (AvgIpc) is 2.64. The fourth-order valence-corrected chi connectivity index (χ4v) is 2.51. The molecule has 1 heterocycles. The van der Waals surface area contributed by atoms with Crippen molar-refractivity contribution in [3.8, 4) is 22.6 Å². The number of para-hydroxylation sites is 1. The Kier molecular flexibility index (Phi) is 5.03. The van der Waals surface area contributed by atoms with Gasteiger partial charge in [-0.3, -0.25) is 9.59 Å². The molecule has 0 bridgehead atoms. The van der Waals surface area contributed by atoms with Crippen molar-refractivity contribution in [2.45, 2.75) is 0 Å². The van der Waals surface area contributed by atoms with Crippen LogP contribution in [0, 0.1) is 0 Å². The first-order valence-corrected chi connectivity index (χ1v) is 8.09. The van der Waals surface area contributed by atoms with Crippen molar-refractivity contribution in [1.82, 2.24) is 4.57 Å². The third kappa shape index (κ3) is 4.10. The fraction of sp³-hybridized carbons (Fsp3) is 0.100. The molecule has 0 aliphatic carbocycles. The molecule has 1 aromatic heterocycles. The number of nitrogens with two attached hydrogens (primary N) is 1. The molecule has 0 saturated carbocycles. The monoisotopic (exact) mass is 349 g/mol. The Morgan fingerprint density at radius 1 is 1.12 bits per heavy atom. The van der Waals surface area contributed by atoms with E-state index < -0.39 is 5.91 Å². The standard InChI is InChI=1S/C20H19N3O3/c1-23-13-14(7-10-20(23)25)17-11-15(22-12-19(21)24)8-9-18(17)26-16-5-3-2-4-6-16/h2-11,13,22H,12H2,1H3,(H2,21,24). The van der Waals surface area contributed by atoms with Crippen LogP contribution in [0.3, 0.4) is 0 Å². The number of benzene rings is 2. The van der Waals surface area contributed by atoms with E-state index in [0.717, 1.165) is 16.8 Å². The number of carbonyl (C=O) groups excluding carboxylic acids is 1. The first-order valence-electron chi connectivity index (χ1n) is 8.09. The largest absolute Gasteiger partial charge is 0.457 e. The maximum absolute atomic E-state index is 11.7. The molecule has 3 N–H and O–H groups in total. The zero-order chi connectivity index (χ0) is 18.5. The first-order chi connectivity index (χ1) is 12.5. The molecule has 2 aromatic carbocycles. The highest BCUT2D eigenvalue weighted by Gasteiger charge is 2.10. The molecule has 0 aliphatic rings.